The second kappa shape index (κ2) is 8.98. The van der Waals surface area contributed by atoms with Gasteiger partial charge in [0.2, 0.25) is 5.91 Å². The Morgan fingerprint density at radius 2 is 1.92 bits per heavy atom. The van der Waals surface area contributed by atoms with Gasteiger partial charge in [-0.25, -0.2) is 0 Å². The smallest absolute Gasteiger partial charge is 0.273 e. The Balaban J connectivity index is 2.08. The van der Waals surface area contributed by atoms with E-state index in [2.05, 4.69) is 20.8 Å². The molecule has 0 bridgehead atoms. The summed E-state index contributed by atoms with van der Waals surface area (Å²) in [5.41, 5.74) is 1.45. The maximum absolute atomic E-state index is 12.3. The summed E-state index contributed by atoms with van der Waals surface area (Å²) in [4.78, 5) is 24.5. The summed E-state index contributed by atoms with van der Waals surface area (Å²) in [6.07, 6.45) is 8.29. The van der Waals surface area contributed by atoms with Gasteiger partial charge in [-0.1, -0.05) is 13.8 Å². The lowest BCUT2D eigenvalue weighted by molar-refractivity contribution is -0.111. The fourth-order valence-electron chi connectivity index (χ4n) is 2.21. The Morgan fingerprint density at radius 3 is 2.54 bits per heavy atom. The van der Waals surface area contributed by atoms with Crippen LogP contribution in [0.15, 0.2) is 24.7 Å². The minimum Gasteiger partial charge on any atom is -0.350 e. The molecule has 0 unspecified atom stereocenters. The van der Waals surface area contributed by atoms with Gasteiger partial charge < -0.3 is 10.6 Å². The van der Waals surface area contributed by atoms with E-state index in [0.29, 0.717) is 24.7 Å². The van der Waals surface area contributed by atoms with Gasteiger partial charge in [0.1, 0.15) is 0 Å². The molecule has 2 N–H and O–H groups in total. The molecule has 0 fully saturated rings. The average molecular weight is 358 g/mol. The SMILES string of the molecule is CCn1cc(/C=C/C(=O)Nc2cn(CC)nc2C(=O)NCC(C)C)cn1. The van der Waals surface area contributed by atoms with Crippen LogP contribution in [-0.4, -0.2) is 37.9 Å². The Morgan fingerprint density at radius 1 is 1.19 bits per heavy atom. The highest BCUT2D eigenvalue weighted by Gasteiger charge is 2.18. The average Bonchev–Trinajstić information content (AvgIpc) is 3.24. The van der Waals surface area contributed by atoms with E-state index in [1.807, 2.05) is 33.9 Å². The van der Waals surface area contributed by atoms with Crippen LogP contribution in [0.25, 0.3) is 6.08 Å². The normalized spacial score (nSPS) is 11.3. The number of anilines is 1. The third kappa shape index (κ3) is 5.30. The number of rotatable bonds is 8. The van der Waals surface area contributed by atoms with E-state index in [9.17, 15) is 9.59 Å². The minimum absolute atomic E-state index is 0.216. The molecule has 0 aliphatic heterocycles. The predicted molar refractivity (Wildman–Crippen MR) is 101 cm³/mol. The zero-order valence-corrected chi connectivity index (χ0v) is 15.7. The van der Waals surface area contributed by atoms with Gasteiger partial charge in [-0.3, -0.25) is 19.0 Å². The third-order valence-corrected chi connectivity index (χ3v) is 3.63. The van der Waals surface area contributed by atoms with E-state index < -0.39 is 0 Å². The predicted octanol–water partition coefficient (Wildman–Crippen LogP) is 2.16. The van der Waals surface area contributed by atoms with Crippen molar-refractivity contribution in [2.75, 3.05) is 11.9 Å². The number of hydrogen-bond acceptors (Lipinski definition) is 4. The number of amides is 2. The van der Waals surface area contributed by atoms with Crippen LogP contribution in [0.3, 0.4) is 0 Å². The molecule has 0 aliphatic rings. The van der Waals surface area contributed by atoms with E-state index in [-0.39, 0.29) is 17.5 Å². The molecule has 0 radical (unpaired) electrons. The monoisotopic (exact) mass is 358 g/mol. The number of nitrogens with one attached hydrogen (secondary N) is 2. The first-order chi connectivity index (χ1) is 12.4. The molecule has 140 valence electrons. The summed E-state index contributed by atoms with van der Waals surface area (Å²) < 4.78 is 3.40. The van der Waals surface area contributed by atoms with Crippen molar-refractivity contribution in [3.8, 4) is 0 Å². The van der Waals surface area contributed by atoms with Gasteiger partial charge in [-0.05, 0) is 25.8 Å². The van der Waals surface area contributed by atoms with Crippen LogP contribution in [0.2, 0.25) is 0 Å². The molecule has 2 heterocycles. The van der Waals surface area contributed by atoms with Crippen molar-refractivity contribution in [2.45, 2.75) is 40.8 Å². The van der Waals surface area contributed by atoms with Crippen LogP contribution in [-0.2, 0) is 17.9 Å². The van der Waals surface area contributed by atoms with E-state index >= 15 is 0 Å². The van der Waals surface area contributed by atoms with Crippen molar-refractivity contribution in [1.82, 2.24) is 24.9 Å². The molecule has 0 saturated carbocycles. The molecule has 2 amide bonds. The van der Waals surface area contributed by atoms with Gasteiger partial charge in [0.15, 0.2) is 5.69 Å². The molecule has 2 rings (SSSR count). The van der Waals surface area contributed by atoms with E-state index in [1.165, 1.54) is 6.08 Å². The second-order valence-electron chi connectivity index (χ2n) is 6.30. The highest BCUT2D eigenvalue weighted by molar-refractivity contribution is 6.06. The molecule has 8 nitrogen and oxygen atoms in total. The summed E-state index contributed by atoms with van der Waals surface area (Å²) in [6, 6.07) is 0. The maximum Gasteiger partial charge on any atom is 0.273 e. The quantitative estimate of drug-likeness (QED) is 0.707. The third-order valence-electron chi connectivity index (χ3n) is 3.63. The van der Waals surface area contributed by atoms with Gasteiger partial charge in [0.25, 0.3) is 5.91 Å². The topological polar surface area (TPSA) is 93.8 Å². The molecule has 0 aromatic carbocycles. The summed E-state index contributed by atoms with van der Waals surface area (Å²) in [5, 5.41) is 13.9. The fraction of sp³-hybridized carbons (Fsp3) is 0.444. The van der Waals surface area contributed by atoms with Crippen LogP contribution in [0.4, 0.5) is 5.69 Å². The van der Waals surface area contributed by atoms with Crippen molar-refractivity contribution in [3.05, 3.63) is 35.9 Å². The van der Waals surface area contributed by atoms with E-state index in [1.54, 1.807) is 27.8 Å². The number of carbonyl (C=O) groups excluding carboxylic acids is 2. The lowest BCUT2D eigenvalue weighted by Crippen LogP contribution is -2.28. The van der Waals surface area contributed by atoms with Crippen molar-refractivity contribution >= 4 is 23.6 Å². The Bertz CT molecular complexity index is 787. The van der Waals surface area contributed by atoms with Gasteiger partial charge in [-0.2, -0.15) is 10.2 Å². The molecule has 0 spiro atoms. The summed E-state index contributed by atoms with van der Waals surface area (Å²) in [7, 11) is 0. The lowest BCUT2D eigenvalue weighted by atomic mass is 10.2. The highest BCUT2D eigenvalue weighted by atomic mass is 16.2. The second-order valence-corrected chi connectivity index (χ2v) is 6.30. The zero-order chi connectivity index (χ0) is 19.1. The minimum atomic E-state index is -0.331. The molecular formula is C18H26N6O2. The lowest BCUT2D eigenvalue weighted by Gasteiger charge is -2.07. The number of aromatic nitrogens is 4. The molecule has 2 aromatic heterocycles. The van der Waals surface area contributed by atoms with Crippen molar-refractivity contribution in [3.63, 3.8) is 0 Å². The summed E-state index contributed by atoms with van der Waals surface area (Å²) in [6.45, 7) is 9.85. The van der Waals surface area contributed by atoms with Crippen LogP contribution >= 0.6 is 0 Å². The molecule has 0 atom stereocenters. The van der Waals surface area contributed by atoms with Gasteiger partial charge in [0, 0.05) is 43.7 Å². The van der Waals surface area contributed by atoms with Crippen LogP contribution in [0, 0.1) is 5.92 Å². The first-order valence-electron chi connectivity index (χ1n) is 8.80. The van der Waals surface area contributed by atoms with Crippen molar-refractivity contribution in [2.24, 2.45) is 5.92 Å². The Kier molecular flexibility index (Phi) is 6.71. The number of carbonyl (C=O) groups is 2. The first-order valence-corrected chi connectivity index (χ1v) is 8.80. The summed E-state index contributed by atoms with van der Waals surface area (Å²) >= 11 is 0. The Labute approximate surface area is 153 Å². The van der Waals surface area contributed by atoms with Gasteiger partial charge in [-0.15, -0.1) is 0 Å². The van der Waals surface area contributed by atoms with Crippen LogP contribution in [0.5, 0.6) is 0 Å². The largest absolute Gasteiger partial charge is 0.350 e. The van der Waals surface area contributed by atoms with Gasteiger partial charge >= 0.3 is 0 Å². The molecule has 26 heavy (non-hydrogen) atoms. The molecule has 8 heteroatoms. The fourth-order valence-corrected chi connectivity index (χ4v) is 2.21. The zero-order valence-electron chi connectivity index (χ0n) is 15.7. The standard InChI is InChI=1S/C18H26N6O2/c1-5-23-11-14(10-20-23)7-8-16(25)21-15-12-24(6-2)22-17(15)18(26)19-9-13(3)4/h7-8,10-13H,5-6,9H2,1-4H3,(H,19,26)(H,21,25)/b8-7+. The van der Waals surface area contributed by atoms with E-state index in [4.69, 9.17) is 0 Å². The molecule has 0 aliphatic carbocycles. The number of aryl methyl sites for hydroxylation is 2. The van der Waals surface area contributed by atoms with Crippen LogP contribution in [0.1, 0.15) is 43.7 Å². The highest BCUT2D eigenvalue weighted by Crippen LogP contribution is 2.14. The van der Waals surface area contributed by atoms with Crippen molar-refractivity contribution < 1.29 is 9.59 Å². The van der Waals surface area contributed by atoms with Crippen LogP contribution < -0.4 is 10.6 Å². The molecule has 2 aromatic rings. The number of nitrogens with zero attached hydrogens (tertiary/aromatic N) is 4. The van der Waals surface area contributed by atoms with E-state index in [0.717, 1.165) is 12.1 Å². The number of hydrogen-bond donors (Lipinski definition) is 2. The maximum atomic E-state index is 12.3. The van der Waals surface area contributed by atoms with Gasteiger partial charge in [0.05, 0.1) is 11.9 Å². The Hall–Kier alpha value is -2.90. The first kappa shape index (κ1) is 19.4. The van der Waals surface area contributed by atoms with Crippen molar-refractivity contribution in [1.29, 1.82) is 0 Å². The molecular weight excluding hydrogens is 332 g/mol. The molecule has 0 saturated heterocycles. The summed E-state index contributed by atoms with van der Waals surface area (Å²) in [5.74, 6) is -0.297.